The molecule has 1 heterocycles. The van der Waals surface area contributed by atoms with Crippen LogP contribution in [0.25, 0.3) is 0 Å². The fourth-order valence-electron chi connectivity index (χ4n) is 2.06. The molecule has 1 aliphatic rings. The van der Waals surface area contributed by atoms with Crippen LogP contribution in [0.1, 0.15) is 19.8 Å². The largest absolute Gasteiger partial charge is 0.441 e. The SMILES string of the molecule is CN=C(NCCSC(F)(F)F)NC1CCN(C(C)=O)CC1.I. The molecule has 1 rings (SSSR count). The quantitative estimate of drug-likeness (QED) is 0.296. The number of hydrogen-bond acceptors (Lipinski definition) is 3. The lowest BCUT2D eigenvalue weighted by Gasteiger charge is -2.32. The van der Waals surface area contributed by atoms with Crippen LogP contribution >= 0.6 is 35.7 Å². The number of rotatable bonds is 4. The van der Waals surface area contributed by atoms with Crippen LogP contribution in [0.15, 0.2) is 4.99 Å². The highest BCUT2D eigenvalue weighted by atomic mass is 127. The van der Waals surface area contributed by atoms with Crippen LogP contribution in [-0.2, 0) is 4.79 Å². The topological polar surface area (TPSA) is 56.7 Å². The number of thioether (sulfide) groups is 1. The minimum absolute atomic E-state index is 0. The first kappa shape index (κ1) is 21.6. The van der Waals surface area contributed by atoms with Crippen molar-refractivity contribution in [3.05, 3.63) is 0 Å². The van der Waals surface area contributed by atoms with Gasteiger partial charge in [0, 0.05) is 45.4 Å². The molecule has 1 aliphatic heterocycles. The normalized spacial score (nSPS) is 17.0. The zero-order chi connectivity index (χ0) is 15.9. The maximum absolute atomic E-state index is 12.0. The van der Waals surface area contributed by atoms with E-state index >= 15 is 0 Å². The Labute approximate surface area is 149 Å². The Morgan fingerprint density at radius 1 is 1.36 bits per heavy atom. The second kappa shape index (κ2) is 10.4. The van der Waals surface area contributed by atoms with Gasteiger partial charge in [-0.05, 0) is 24.6 Å². The maximum atomic E-state index is 12.0. The second-order valence-corrected chi connectivity index (χ2v) is 5.88. The molecule has 130 valence electrons. The van der Waals surface area contributed by atoms with Crippen molar-refractivity contribution in [2.24, 2.45) is 4.99 Å². The molecule has 10 heteroatoms. The number of guanidine groups is 1. The first-order valence-electron chi connectivity index (χ1n) is 6.75. The van der Waals surface area contributed by atoms with Gasteiger partial charge in [0.05, 0.1) is 0 Å². The Morgan fingerprint density at radius 3 is 2.41 bits per heavy atom. The van der Waals surface area contributed by atoms with Crippen molar-refractivity contribution < 1.29 is 18.0 Å². The van der Waals surface area contributed by atoms with Gasteiger partial charge < -0.3 is 15.5 Å². The van der Waals surface area contributed by atoms with Gasteiger partial charge in [0.1, 0.15) is 0 Å². The average Bonchev–Trinajstić information content (AvgIpc) is 2.41. The number of likely N-dealkylation sites (tertiary alicyclic amines) is 1. The summed E-state index contributed by atoms with van der Waals surface area (Å²) in [7, 11) is 1.58. The summed E-state index contributed by atoms with van der Waals surface area (Å²) in [5.74, 6) is 0.506. The molecule has 1 saturated heterocycles. The molecule has 0 aromatic carbocycles. The van der Waals surface area contributed by atoms with Gasteiger partial charge in [0.15, 0.2) is 5.96 Å². The number of alkyl halides is 3. The number of halogens is 4. The second-order valence-electron chi connectivity index (χ2n) is 4.72. The monoisotopic (exact) mass is 454 g/mol. The smallest absolute Gasteiger partial charge is 0.356 e. The Kier molecular flexibility index (Phi) is 10.2. The van der Waals surface area contributed by atoms with Gasteiger partial charge in [0.2, 0.25) is 5.91 Å². The molecule has 0 aliphatic carbocycles. The third-order valence-electron chi connectivity index (χ3n) is 3.16. The predicted molar refractivity (Wildman–Crippen MR) is 93.7 cm³/mol. The fraction of sp³-hybridized carbons (Fsp3) is 0.833. The van der Waals surface area contributed by atoms with Gasteiger partial charge >= 0.3 is 5.51 Å². The zero-order valence-corrected chi connectivity index (χ0v) is 15.7. The predicted octanol–water partition coefficient (Wildman–Crippen LogP) is 2.03. The summed E-state index contributed by atoms with van der Waals surface area (Å²) in [5.41, 5.74) is -4.20. The van der Waals surface area contributed by atoms with Crippen LogP contribution in [0.3, 0.4) is 0 Å². The molecule has 1 fully saturated rings. The van der Waals surface area contributed by atoms with Gasteiger partial charge in [-0.2, -0.15) is 13.2 Å². The Hall–Kier alpha value is -0.390. The molecule has 1 amide bonds. The van der Waals surface area contributed by atoms with E-state index in [1.54, 1.807) is 18.9 Å². The van der Waals surface area contributed by atoms with E-state index in [2.05, 4.69) is 15.6 Å². The highest BCUT2D eigenvalue weighted by Gasteiger charge is 2.27. The van der Waals surface area contributed by atoms with Crippen molar-refractivity contribution in [1.29, 1.82) is 0 Å². The lowest BCUT2D eigenvalue weighted by molar-refractivity contribution is -0.129. The molecule has 0 atom stereocenters. The molecule has 0 aromatic heterocycles. The molecule has 0 radical (unpaired) electrons. The van der Waals surface area contributed by atoms with Crippen LogP contribution < -0.4 is 10.6 Å². The first-order valence-corrected chi connectivity index (χ1v) is 7.74. The molecule has 5 nitrogen and oxygen atoms in total. The highest BCUT2D eigenvalue weighted by molar-refractivity contribution is 14.0. The molecule has 0 aromatic rings. The summed E-state index contributed by atoms with van der Waals surface area (Å²) >= 11 is -0.0538. The number of aliphatic imine (C=N–C) groups is 1. The number of carbonyl (C=O) groups excluding carboxylic acids is 1. The lowest BCUT2D eigenvalue weighted by Crippen LogP contribution is -2.49. The number of nitrogens with zero attached hydrogens (tertiary/aromatic N) is 2. The van der Waals surface area contributed by atoms with Crippen molar-refractivity contribution in [1.82, 2.24) is 15.5 Å². The third kappa shape index (κ3) is 8.91. The summed E-state index contributed by atoms with van der Waals surface area (Å²) in [6.07, 6.45) is 1.61. The molecular formula is C12H22F3IN4OS. The fourth-order valence-corrected chi connectivity index (χ4v) is 2.50. The van der Waals surface area contributed by atoms with Gasteiger partial charge in [0.25, 0.3) is 0 Å². The minimum Gasteiger partial charge on any atom is -0.356 e. The molecule has 0 bridgehead atoms. The van der Waals surface area contributed by atoms with Crippen LogP contribution in [0, 0.1) is 0 Å². The van der Waals surface area contributed by atoms with E-state index in [9.17, 15) is 18.0 Å². The van der Waals surface area contributed by atoms with Crippen molar-refractivity contribution in [2.75, 3.05) is 32.4 Å². The van der Waals surface area contributed by atoms with Crippen LogP contribution in [0.2, 0.25) is 0 Å². The first-order chi connectivity index (χ1) is 9.81. The summed E-state index contributed by atoms with van der Waals surface area (Å²) in [4.78, 5) is 17.0. The lowest BCUT2D eigenvalue weighted by atomic mass is 10.1. The maximum Gasteiger partial charge on any atom is 0.441 e. The Balaban J connectivity index is 0.00000441. The average molecular weight is 454 g/mol. The van der Waals surface area contributed by atoms with Crippen molar-refractivity contribution in [3.63, 3.8) is 0 Å². The van der Waals surface area contributed by atoms with E-state index < -0.39 is 5.51 Å². The van der Waals surface area contributed by atoms with E-state index in [1.165, 1.54) is 0 Å². The van der Waals surface area contributed by atoms with Crippen LogP contribution in [0.4, 0.5) is 13.2 Å². The van der Waals surface area contributed by atoms with E-state index in [4.69, 9.17) is 0 Å². The van der Waals surface area contributed by atoms with E-state index in [-0.39, 0.29) is 60.0 Å². The molecule has 2 N–H and O–H groups in total. The molecule has 0 spiro atoms. The third-order valence-corrected chi connectivity index (χ3v) is 3.90. The van der Waals surface area contributed by atoms with Crippen LogP contribution in [0.5, 0.6) is 0 Å². The summed E-state index contributed by atoms with van der Waals surface area (Å²) in [5, 5.41) is 6.03. The van der Waals surface area contributed by atoms with Gasteiger partial charge in [-0.15, -0.1) is 24.0 Å². The molecular weight excluding hydrogens is 432 g/mol. The van der Waals surface area contributed by atoms with Crippen LogP contribution in [-0.4, -0.2) is 60.8 Å². The number of nitrogens with one attached hydrogen (secondary N) is 2. The summed E-state index contributed by atoms with van der Waals surface area (Å²) in [6, 6.07) is 0.182. The Morgan fingerprint density at radius 2 is 1.95 bits per heavy atom. The molecule has 0 saturated carbocycles. The van der Waals surface area contributed by atoms with Crippen molar-refractivity contribution >= 4 is 47.6 Å². The number of hydrogen-bond donors (Lipinski definition) is 2. The number of amides is 1. The highest BCUT2D eigenvalue weighted by Crippen LogP contribution is 2.29. The minimum atomic E-state index is -4.20. The van der Waals surface area contributed by atoms with Gasteiger partial charge in [-0.3, -0.25) is 9.79 Å². The molecule has 22 heavy (non-hydrogen) atoms. The number of piperidine rings is 1. The number of carbonyl (C=O) groups is 1. The zero-order valence-electron chi connectivity index (χ0n) is 12.6. The standard InChI is InChI=1S/C12H21F3N4OS.HI/c1-9(20)19-6-3-10(4-7-19)18-11(16-2)17-5-8-21-12(13,14)15;/h10H,3-8H2,1-2H3,(H2,16,17,18);1H. The summed E-state index contributed by atoms with van der Waals surface area (Å²) < 4.78 is 36.0. The van der Waals surface area contributed by atoms with Crippen molar-refractivity contribution in [2.45, 2.75) is 31.3 Å². The van der Waals surface area contributed by atoms with Crippen molar-refractivity contribution in [3.8, 4) is 0 Å². The Bertz CT molecular complexity index is 374. The summed E-state index contributed by atoms with van der Waals surface area (Å²) in [6.45, 7) is 3.12. The van der Waals surface area contributed by atoms with E-state index in [1.807, 2.05) is 0 Å². The van der Waals surface area contributed by atoms with E-state index in [0.29, 0.717) is 19.0 Å². The molecule has 0 unspecified atom stereocenters. The van der Waals surface area contributed by atoms with E-state index in [0.717, 1.165) is 12.8 Å². The van der Waals surface area contributed by atoms with Gasteiger partial charge in [-0.25, -0.2) is 0 Å². The van der Waals surface area contributed by atoms with Gasteiger partial charge in [-0.1, -0.05) is 0 Å².